The number of rotatable bonds is 3. The molecule has 0 aliphatic rings. The third kappa shape index (κ3) is 3.14. The molecule has 1 heterocycles. The molecule has 1 amide bonds. The maximum Gasteiger partial charge on any atom is 0.257 e. The number of carbonyl (C=O) groups is 1. The van der Waals surface area contributed by atoms with Crippen LogP contribution in [0.2, 0.25) is 0 Å². The van der Waals surface area contributed by atoms with Crippen LogP contribution in [0.5, 0.6) is 5.75 Å². The molecule has 0 radical (unpaired) electrons. The molecule has 0 saturated heterocycles. The van der Waals surface area contributed by atoms with Gasteiger partial charge in [-0.15, -0.1) is 0 Å². The van der Waals surface area contributed by atoms with E-state index in [2.05, 4.69) is 31.4 Å². The van der Waals surface area contributed by atoms with Crippen LogP contribution >= 0.6 is 15.9 Å². The minimum atomic E-state index is -0.227. The Balaban J connectivity index is 2.30. The number of benzene rings is 1. The van der Waals surface area contributed by atoms with Crippen LogP contribution in [0.1, 0.15) is 21.7 Å². The first-order valence-electron chi connectivity index (χ1n) is 5.97. The molecular weight excluding hydrogens is 322 g/mol. The summed E-state index contributed by atoms with van der Waals surface area (Å²) in [5, 5.41) is 10.7. The Bertz CT molecular complexity index is 659. The van der Waals surface area contributed by atoms with Crippen LogP contribution in [0.3, 0.4) is 0 Å². The van der Waals surface area contributed by atoms with Gasteiger partial charge in [-0.2, -0.15) is 10.2 Å². The molecule has 0 bridgehead atoms. The van der Waals surface area contributed by atoms with Gasteiger partial charge in [-0.05, 0) is 48.0 Å². The Kier molecular flexibility index (Phi) is 4.34. The molecule has 0 saturated carbocycles. The lowest BCUT2D eigenvalue weighted by Crippen LogP contribution is -2.15. The van der Waals surface area contributed by atoms with E-state index in [-0.39, 0.29) is 5.91 Å². The van der Waals surface area contributed by atoms with Crippen molar-refractivity contribution in [2.75, 3.05) is 12.4 Å². The van der Waals surface area contributed by atoms with Gasteiger partial charge in [-0.3, -0.25) is 4.79 Å². The van der Waals surface area contributed by atoms with Crippen LogP contribution in [0.25, 0.3) is 0 Å². The van der Waals surface area contributed by atoms with Gasteiger partial charge in [-0.25, -0.2) is 0 Å². The number of anilines is 1. The van der Waals surface area contributed by atoms with Crippen molar-refractivity contribution in [1.29, 1.82) is 0 Å². The molecule has 2 aromatic rings. The molecule has 1 aromatic heterocycles. The molecule has 0 spiro atoms. The fraction of sp³-hybridized carbons (Fsp3) is 0.214. The van der Waals surface area contributed by atoms with Gasteiger partial charge in [0, 0.05) is 10.5 Å². The molecule has 20 heavy (non-hydrogen) atoms. The van der Waals surface area contributed by atoms with E-state index in [0.717, 1.165) is 4.47 Å². The van der Waals surface area contributed by atoms with Gasteiger partial charge >= 0.3 is 0 Å². The van der Waals surface area contributed by atoms with Crippen molar-refractivity contribution in [1.82, 2.24) is 10.2 Å². The number of ether oxygens (including phenoxy) is 1. The Labute approximate surface area is 125 Å². The summed E-state index contributed by atoms with van der Waals surface area (Å²) in [6, 6.07) is 7.09. The largest absolute Gasteiger partial charge is 0.497 e. The van der Waals surface area contributed by atoms with Crippen molar-refractivity contribution in [3.8, 4) is 5.75 Å². The van der Waals surface area contributed by atoms with E-state index in [0.29, 0.717) is 28.4 Å². The highest BCUT2D eigenvalue weighted by atomic mass is 79.9. The number of carbonyl (C=O) groups excluding carboxylic acids is 1. The zero-order valence-electron chi connectivity index (χ0n) is 11.4. The Morgan fingerprint density at radius 2 is 2.00 bits per heavy atom. The topological polar surface area (TPSA) is 64.1 Å². The standard InChI is InChI=1S/C14H14BrN3O2/c1-8-6-11(9(2)18-17-8)14(19)16-13-7-10(20-3)4-5-12(13)15/h4-7H,1-3H3,(H,16,19). The summed E-state index contributed by atoms with van der Waals surface area (Å²) in [5.74, 6) is 0.443. The summed E-state index contributed by atoms with van der Waals surface area (Å²) in [6.45, 7) is 3.55. The third-order valence-electron chi connectivity index (χ3n) is 2.77. The molecule has 0 aliphatic heterocycles. The second kappa shape index (κ2) is 6.00. The number of halogens is 1. The third-order valence-corrected chi connectivity index (χ3v) is 3.46. The summed E-state index contributed by atoms with van der Waals surface area (Å²) in [7, 11) is 1.58. The summed E-state index contributed by atoms with van der Waals surface area (Å²) in [6.07, 6.45) is 0. The van der Waals surface area contributed by atoms with Gasteiger partial charge in [0.1, 0.15) is 5.75 Å². The summed E-state index contributed by atoms with van der Waals surface area (Å²) in [5.41, 5.74) is 2.44. The maximum atomic E-state index is 12.3. The van der Waals surface area contributed by atoms with Crippen LogP contribution in [0, 0.1) is 13.8 Å². The van der Waals surface area contributed by atoms with Crippen molar-refractivity contribution in [3.63, 3.8) is 0 Å². The highest BCUT2D eigenvalue weighted by Gasteiger charge is 2.13. The molecule has 0 unspecified atom stereocenters. The number of aryl methyl sites for hydroxylation is 2. The molecule has 5 nitrogen and oxygen atoms in total. The van der Waals surface area contributed by atoms with Crippen LogP contribution in [0.4, 0.5) is 5.69 Å². The van der Waals surface area contributed by atoms with E-state index in [1.165, 1.54) is 0 Å². The van der Waals surface area contributed by atoms with E-state index >= 15 is 0 Å². The highest BCUT2D eigenvalue weighted by molar-refractivity contribution is 9.10. The molecule has 1 N–H and O–H groups in total. The van der Waals surface area contributed by atoms with Gasteiger partial charge < -0.3 is 10.1 Å². The van der Waals surface area contributed by atoms with Crippen molar-refractivity contribution >= 4 is 27.5 Å². The molecule has 6 heteroatoms. The minimum absolute atomic E-state index is 0.227. The van der Waals surface area contributed by atoms with Gasteiger partial charge in [0.05, 0.1) is 29.7 Å². The monoisotopic (exact) mass is 335 g/mol. The van der Waals surface area contributed by atoms with Gasteiger partial charge in [0.2, 0.25) is 0 Å². The second-order valence-electron chi connectivity index (χ2n) is 4.28. The van der Waals surface area contributed by atoms with Crippen molar-refractivity contribution in [2.45, 2.75) is 13.8 Å². The van der Waals surface area contributed by atoms with Gasteiger partial charge in [0.15, 0.2) is 0 Å². The molecule has 0 atom stereocenters. The fourth-order valence-corrected chi connectivity index (χ4v) is 2.04. The molecule has 104 valence electrons. The zero-order valence-corrected chi connectivity index (χ0v) is 13.0. The van der Waals surface area contributed by atoms with E-state index in [1.807, 2.05) is 12.1 Å². The average molecular weight is 336 g/mol. The number of methoxy groups -OCH3 is 1. The smallest absolute Gasteiger partial charge is 0.257 e. The quantitative estimate of drug-likeness (QED) is 0.935. The summed E-state index contributed by atoms with van der Waals surface area (Å²) in [4.78, 5) is 12.3. The maximum absolute atomic E-state index is 12.3. The van der Waals surface area contributed by atoms with Gasteiger partial charge in [-0.1, -0.05) is 0 Å². The first kappa shape index (κ1) is 14.5. The zero-order chi connectivity index (χ0) is 14.7. The van der Waals surface area contributed by atoms with E-state index < -0.39 is 0 Å². The Morgan fingerprint density at radius 1 is 1.25 bits per heavy atom. The summed E-state index contributed by atoms with van der Waals surface area (Å²) < 4.78 is 5.93. The predicted octanol–water partition coefficient (Wildman–Crippen LogP) is 3.12. The number of hydrogen-bond donors (Lipinski definition) is 1. The van der Waals surface area contributed by atoms with E-state index in [9.17, 15) is 4.79 Å². The minimum Gasteiger partial charge on any atom is -0.497 e. The number of amides is 1. The average Bonchev–Trinajstić information content (AvgIpc) is 2.43. The Morgan fingerprint density at radius 3 is 2.70 bits per heavy atom. The predicted molar refractivity (Wildman–Crippen MR) is 80.2 cm³/mol. The van der Waals surface area contributed by atoms with Crippen LogP contribution in [0.15, 0.2) is 28.7 Å². The first-order valence-corrected chi connectivity index (χ1v) is 6.76. The number of hydrogen-bond acceptors (Lipinski definition) is 4. The van der Waals surface area contributed by atoms with Gasteiger partial charge in [0.25, 0.3) is 5.91 Å². The summed E-state index contributed by atoms with van der Waals surface area (Å²) >= 11 is 3.40. The van der Waals surface area contributed by atoms with Crippen molar-refractivity contribution in [2.24, 2.45) is 0 Å². The lowest BCUT2D eigenvalue weighted by molar-refractivity contribution is 0.102. The SMILES string of the molecule is COc1ccc(Br)c(NC(=O)c2cc(C)nnc2C)c1. The normalized spacial score (nSPS) is 10.2. The first-order chi connectivity index (χ1) is 9.51. The lowest BCUT2D eigenvalue weighted by atomic mass is 10.2. The van der Waals surface area contributed by atoms with E-state index in [1.54, 1.807) is 33.1 Å². The number of aromatic nitrogens is 2. The van der Waals surface area contributed by atoms with Crippen LogP contribution in [-0.4, -0.2) is 23.2 Å². The molecular formula is C14H14BrN3O2. The number of nitrogens with one attached hydrogen (secondary N) is 1. The molecule has 1 aromatic carbocycles. The van der Waals surface area contributed by atoms with Crippen molar-refractivity contribution < 1.29 is 9.53 Å². The molecule has 0 fully saturated rings. The number of nitrogens with zero attached hydrogens (tertiary/aromatic N) is 2. The molecule has 2 rings (SSSR count). The van der Waals surface area contributed by atoms with Crippen LogP contribution < -0.4 is 10.1 Å². The molecule has 0 aliphatic carbocycles. The van der Waals surface area contributed by atoms with E-state index in [4.69, 9.17) is 4.74 Å². The Hall–Kier alpha value is -1.95. The fourth-order valence-electron chi connectivity index (χ4n) is 1.70. The highest BCUT2D eigenvalue weighted by Crippen LogP contribution is 2.27. The van der Waals surface area contributed by atoms with Crippen molar-refractivity contribution in [3.05, 3.63) is 45.7 Å². The van der Waals surface area contributed by atoms with Crippen LogP contribution in [-0.2, 0) is 0 Å². The second-order valence-corrected chi connectivity index (χ2v) is 5.14. The lowest BCUT2D eigenvalue weighted by Gasteiger charge is -2.10.